The molecule has 148 valence electrons. The molecule has 0 unspecified atom stereocenters. The summed E-state index contributed by atoms with van der Waals surface area (Å²) < 4.78 is 38.3. The molecule has 1 aliphatic heterocycles. The van der Waals surface area contributed by atoms with E-state index < -0.39 is 11.7 Å². The van der Waals surface area contributed by atoms with Crippen LogP contribution in [0.5, 0.6) is 0 Å². The number of hydrogen-bond donors (Lipinski definition) is 0. The van der Waals surface area contributed by atoms with Crippen LogP contribution in [0.3, 0.4) is 0 Å². The number of benzene rings is 1. The first kappa shape index (κ1) is 19.1. The molecule has 4 rings (SSSR count). The number of halogens is 4. The Labute approximate surface area is 165 Å². The summed E-state index contributed by atoms with van der Waals surface area (Å²) in [5.74, 6) is 0.801. The third kappa shape index (κ3) is 3.81. The van der Waals surface area contributed by atoms with Crippen molar-refractivity contribution in [3.63, 3.8) is 0 Å². The van der Waals surface area contributed by atoms with Gasteiger partial charge in [0.25, 0.3) is 0 Å². The fourth-order valence-electron chi connectivity index (χ4n) is 3.73. The summed E-state index contributed by atoms with van der Waals surface area (Å²) in [6.07, 6.45) is -2.80. The molecule has 2 heterocycles. The van der Waals surface area contributed by atoms with E-state index >= 15 is 0 Å². The van der Waals surface area contributed by atoms with Gasteiger partial charge >= 0.3 is 6.18 Å². The van der Waals surface area contributed by atoms with Crippen LogP contribution in [-0.4, -0.2) is 42.0 Å². The molecule has 2 atom stereocenters. The number of piperazine rings is 1. The minimum absolute atomic E-state index is 0.0269. The van der Waals surface area contributed by atoms with Crippen LogP contribution in [-0.2, 0) is 11.0 Å². The van der Waals surface area contributed by atoms with Crippen molar-refractivity contribution in [3.05, 3.63) is 58.7 Å². The molecular weight excluding hydrogens is 391 g/mol. The van der Waals surface area contributed by atoms with Gasteiger partial charge in [-0.2, -0.15) is 13.2 Å². The number of amides is 1. The number of hydrogen-bond acceptors (Lipinski definition) is 3. The molecule has 2 aromatic rings. The Hall–Kier alpha value is -2.28. The van der Waals surface area contributed by atoms with Gasteiger partial charge in [-0.25, -0.2) is 4.98 Å². The van der Waals surface area contributed by atoms with Crippen LogP contribution in [0, 0.1) is 5.92 Å². The molecule has 1 aromatic heterocycles. The number of anilines is 1. The Morgan fingerprint density at radius 1 is 1.11 bits per heavy atom. The van der Waals surface area contributed by atoms with Crippen LogP contribution >= 0.6 is 11.6 Å². The maximum absolute atomic E-state index is 12.8. The zero-order chi connectivity index (χ0) is 19.9. The molecule has 2 fully saturated rings. The van der Waals surface area contributed by atoms with Crippen LogP contribution in [0.15, 0.2) is 42.6 Å². The van der Waals surface area contributed by atoms with E-state index in [2.05, 4.69) is 4.98 Å². The third-order valence-electron chi connectivity index (χ3n) is 5.38. The van der Waals surface area contributed by atoms with Gasteiger partial charge in [0.1, 0.15) is 5.82 Å². The smallest absolute Gasteiger partial charge is 0.352 e. The number of aromatic nitrogens is 1. The van der Waals surface area contributed by atoms with Gasteiger partial charge in [-0.15, -0.1) is 0 Å². The fourth-order valence-corrected chi connectivity index (χ4v) is 4.01. The highest BCUT2D eigenvalue weighted by atomic mass is 35.5. The number of carbonyl (C=O) groups is 1. The molecule has 0 bridgehead atoms. The molecule has 1 aliphatic carbocycles. The number of nitrogens with zero attached hydrogens (tertiary/aromatic N) is 3. The second-order valence-electron chi connectivity index (χ2n) is 7.20. The monoisotopic (exact) mass is 409 g/mol. The van der Waals surface area contributed by atoms with E-state index in [1.807, 2.05) is 40.1 Å². The second-order valence-corrected chi connectivity index (χ2v) is 7.61. The first-order chi connectivity index (χ1) is 13.3. The van der Waals surface area contributed by atoms with Crippen molar-refractivity contribution in [2.24, 2.45) is 5.92 Å². The second kappa shape index (κ2) is 7.28. The molecule has 2 aliphatic rings. The Kier molecular flexibility index (Phi) is 4.95. The summed E-state index contributed by atoms with van der Waals surface area (Å²) in [6.45, 7) is 2.00. The van der Waals surface area contributed by atoms with Gasteiger partial charge in [0, 0.05) is 38.3 Å². The molecule has 1 saturated heterocycles. The minimum atomic E-state index is -4.47. The fraction of sp³-hybridized carbons (Fsp3) is 0.400. The first-order valence-corrected chi connectivity index (χ1v) is 9.54. The van der Waals surface area contributed by atoms with Gasteiger partial charge in [-0.3, -0.25) is 4.79 Å². The highest BCUT2D eigenvalue weighted by Gasteiger charge is 2.46. The van der Waals surface area contributed by atoms with E-state index in [1.54, 1.807) is 0 Å². The van der Waals surface area contributed by atoms with E-state index in [4.69, 9.17) is 11.6 Å². The SMILES string of the molecule is O=C([C@@H]1C[C@@H]1c1ccccc1)N1CCN(c2ncc(C(F)(F)F)cc2Cl)CC1. The summed E-state index contributed by atoms with van der Waals surface area (Å²) in [7, 11) is 0. The predicted molar refractivity (Wildman–Crippen MR) is 100 cm³/mol. The number of pyridine rings is 1. The average Bonchev–Trinajstić information content (AvgIpc) is 3.48. The van der Waals surface area contributed by atoms with E-state index in [1.165, 1.54) is 5.56 Å². The number of carbonyl (C=O) groups excluding carboxylic acids is 1. The standard InChI is InChI=1S/C20H19ClF3N3O/c21-17-10-14(20(22,23)24)12-25-18(17)26-6-8-27(9-7-26)19(28)16-11-15(16)13-4-2-1-3-5-13/h1-5,10,12,15-16H,6-9,11H2/t15-,16-/m1/s1. The Morgan fingerprint density at radius 3 is 2.39 bits per heavy atom. The van der Waals surface area contributed by atoms with Gasteiger partial charge in [-0.1, -0.05) is 41.9 Å². The van der Waals surface area contributed by atoms with Crippen molar-refractivity contribution in [1.29, 1.82) is 0 Å². The van der Waals surface area contributed by atoms with Gasteiger partial charge in [0.05, 0.1) is 10.6 Å². The third-order valence-corrected chi connectivity index (χ3v) is 5.65. The van der Waals surface area contributed by atoms with Crippen molar-refractivity contribution in [1.82, 2.24) is 9.88 Å². The van der Waals surface area contributed by atoms with Crippen LogP contribution in [0.25, 0.3) is 0 Å². The van der Waals surface area contributed by atoms with E-state index in [-0.39, 0.29) is 22.8 Å². The maximum Gasteiger partial charge on any atom is 0.417 e. The summed E-state index contributed by atoms with van der Waals surface area (Å²) in [5.41, 5.74) is 0.330. The van der Waals surface area contributed by atoms with Gasteiger partial charge < -0.3 is 9.80 Å². The summed E-state index contributed by atoms with van der Waals surface area (Å²) in [4.78, 5) is 20.3. The largest absolute Gasteiger partial charge is 0.417 e. The summed E-state index contributed by atoms with van der Waals surface area (Å²) in [5, 5.41) is -0.0269. The Morgan fingerprint density at radius 2 is 1.79 bits per heavy atom. The molecule has 0 radical (unpaired) electrons. The van der Waals surface area contributed by atoms with Crippen LogP contribution in [0.2, 0.25) is 5.02 Å². The lowest BCUT2D eigenvalue weighted by Gasteiger charge is -2.36. The maximum atomic E-state index is 12.8. The first-order valence-electron chi connectivity index (χ1n) is 9.16. The van der Waals surface area contributed by atoms with Crippen molar-refractivity contribution in [3.8, 4) is 0 Å². The molecule has 1 amide bonds. The molecule has 8 heteroatoms. The number of rotatable bonds is 3. The highest BCUT2D eigenvalue weighted by molar-refractivity contribution is 6.33. The van der Waals surface area contributed by atoms with Crippen molar-refractivity contribution < 1.29 is 18.0 Å². The van der Waals surface area contributed by atoms with Gasteiger partial charge in [0.15, 0.2) is 0 Å². The molecule has 0 spiro atoms. The van der Waals surface area contributed by atoms with Crippen LogP contribution in [0.4, 0.5) is 19.0 Å². The quantitative estimate of drug-likeness (QED) is 0.762. The highest BCUT2D eigenvalue weighted by Crippen LogP contribution is 2.48. The lowest BCUT2D eigenvalue weighted by molar-refractivity contribution is -0.138. The van der Waals surface area contributed by atoms with Gasteiger partial charge in [0.2, 0.25) is 5.91 Å². The van der Waals surface area contributed by atoms with Crippen LogP contribution in [0.1, 0.15) is 23.5 Å². The zero-order valence-corrected chi connectivity index (χ0v) is 15.7. The summed E-state index contributed by atoms with van der Waals surface area (Å²) in [6, 6.07) is 10.9. The van der Waals surface area contributed by atoms with Crippen molar-refractivity contribution in [2.45, 2.75) is 18.5 Å². The predicted octanol–water partition coefficient (Wildman–Crippen LogP) is 4.21. The Bertz CT molecular complexity index is 867. The molecular formula is C20H19ClF3N3O. The minimum Gasteiger partial charge on any atom is -0.352 e. The van der Waals surface area contributed by atoms with Crippen molar-refractivity contribution >= 4 is 23.3 Å². The average molecular weight is 410 g/mol. The van der Waals surface area contributed by atoms with E-state index in [0.717, 1.165) is 18.7 Å². The summed E-state index contributed by atoms with van der Waals surface area (Å²) >= 11 is 6.03. The molecule has 0 N–H and O–H groups in total. The molecule has 1 saturated carbocycles. The zero-order valence-electron chi connectivity index (χ0n) is 15.0. The molecule has 1 aromatic carbocycles. The number of alkyl halides is 3. The van der Waals surface area contributed by atoms with Crippen LogP contribution < -0.4 is 4.90 Å². The van der Waals surface area contributed by atoms with Crippen molar-refractivity contribution in [2.75, 3.05) is 31.1 Å². The van der Waals surface area contributed by atoms with E-state index in [9.17, 15) is 18.0 Å². The van der Waals surface area contributed by atoms with E-state index in [0.29, 0.717) is 32.0 Å². The molecule has 4 nitrogen and oxygen atoms in total. The topological polar surface area (TPSA) is 36.4 Å². The lowest BCUT2D eigenvalue weighted by atomic mass is 10.1. The van der Waals surface area contributed by atoms with Gasteiger partial charge in [-0.05, 0) is 24.0 Å². The lowest BCUT2D eigenvalue weighted by Crippen LogP contribution is -2.49. The Balaban J connectivity index is 1.36. The molecule has 28 heavy (non-hydrogen) atoms. The normalized spacial score (nSPS) is 22.3.